The number of hydrogen-bond donors (Lipinski definition) is 0. The quantitative estimate of drug-likeness (QED) is 0.792. The second-order valence-corrected chi connectivity index (χ2v) is 7.68. The van der Waals surface area contributed by atoms with Crippen molar-refractivity contribution in [3.63, 3.8) is 0 Å². The summed E-state index contributed by atoms with van der Waals surface area (Å²) < 4.78 is 18.8. The van der Waals surface area contributed by atoms with Gasteiger partial charge in [0.05, 0.1) is 24.2 Å². The summed E-state index contributed by atoms with van der Waals surface area (Å²) in [5.41, 5.74) is 2.94. The highest BCUT2D eigenvalue weighted by molar-refractivity contribution is 5.64. The molecule has 6 rings (SSSR count). The maximum atomic E-state index is 6.67. The minimum atomic E-state index is -0.0278. The molecule has 0 N–H and O–H groups in total. The number of likely N-dealkylation sites (N-methyl/N-ethyl adjacent to an activating group) is 1. The first-order valence-corrected chi connectivity index (χ1v) is 8.46. The highest BCUT2D eigenvalue weighted by atomic mass is 16.6. The molecule has 116 valence electrons. The maximum Gasteiger partial charge on any atom is 0.166 e. The van der Waals surface area contributed by atoms with Crippen molar-refractivity contribution in [2.75, 3.05) is 20.7 Å². The van der Waals surface area contributed by atoms with Crippen molar-refractivity contribution in [1.82, 2.24) is 4.90 Å². The molecule has 4 heterocycles. The number of hydrogen-bond acceptors (Lipinski definition) is 4. The molecule has 3 fully saturated rings. The van der Waals surface area contributed by atoms with E-state index < -0.39 is 0 Å². The van der Waals surface area contributed by atoms with Crippen LogP contribution in [0.3, 0.4) is 0 Å². The Kier molecular flexibility index (Phi) is 1.92. The highest BCUT2D eigenvalue weighted by Gasteiger charge is 2.79. The Bertz CT molecular complexity index is 704. The molecule has 1 aromatic carbocycles. The van der Waals surface area contributed by atoms with Gasteiger partial charge in [0.15, 0.2) is 11.5 Å². The van der Waals surface area contributed by atoms with E-state index in [0.29, 0.717) is 6.04 Å². The zero-order valence-corrected chi connectivity index (χ0v) is 13.1. The molecular weight excluding hydrogens is 278 g/mol. The SMILES string of the molecule is COc1ccc2c3c1O[C@@H]1[C@@H]4CC[C@]5(O4)[C@H](C2)N(C)CCC315. The summed E-state index contributed by atoms with van der Waals surface area (Å²) >= 11 is 0. The Hall–Kier alpha value is -1.26. The van der Waals surface area contributed by atoms with E-state index >= 15 is 0 Å². The molecule has 4 nitrogen and oxygen atoms in total. The van der Waals surface area contributed by atoms with Crippen molar-refractivity contribution in [3.05, 3.63) is 23.3 Å². The topological polar surface area (TPSA) is 30.9 Å². The smallest absolute Gasteiger partial charge is 0.166 e. The first-order valence-electron chi connectivity index (χ1n) is 8.46. The third-order valence-electron chi connectivity index (χ3n) is 7.20. The zero-order valence-electron chi connectivity index (χ0n) is 13.1. The van der Waals surface area contributed by atoms with E-state index in [2.05, 4.69) is 24.1 Å². The van der Waals surface area contributed by atoms with Crippen LogP contribution in [0.1, 0.15) is 30.4 Å². The molecule has 5 atom stereocenters. The molecule has 5 aliphatic rings. The van der Waals surface area contributed by atoms with Gasteiger partial charge in [-0.25, -0.2) is 0 Å². The summed E-state index contributed by atoms with van der Waals surface area (Å²) in [6.07, 6.45) is 5.01. The van der Waals surface area contributed by atoms with Crippen LogP contribution in [0.25, 0.3) is 0 Å². The summed E-state index contributed by atoms with van der Waals surface area (Å²) in [7, 11) is 4.01. The predicted octanol–water partition coefficient (Wildman–Crippen LogP) is 1.89. The van der Waals surface area contributed by atoms with Crippen LogP contribution < -0.4 is 9.47 Å². The number of rotatable bonds is 1. The fraction of sp³-hybridized carbons (Fsp3) is 0.667. The van der Waals surface area contributed by atoms with Crippen LogP contribution in [-0.2, 0) is 16.6 Å². The second kappa shape index (κ2) is 3.46. The van der Waals surface area contributed by atoms with Crippen LogP contribution in [0.15, 0.2) is 12.1 Å². The molecule has 4 aliphatic heterocycles. The Morgan fingerprint density at radius 1 is 1.32 bits per heavy atom. The van der Waals surface area contributed by atoms with Gasteiger partial charge in [0, 0.05) is 11.6 Å². The summed E-state index contributed by atoms with van der Waals surface area (Å²) in [6.45, 7) is 1.14. The minimum absolute atomic E-state index is 0.0278. The van der Waals surface area contributed by atoms with Gasteiger partial charge in [-0.15, -0.1) is 0 Å². The number of likely N-dealkylation sites (tertiary alicyclic amines) is 1. The zero-order chi connectivity index (χ0) is 14.7. The lowest BCUT2D eigenvalue weighted by molar-refractivity contribution is -0.115. The normalized spacial score (nSPS) is 46.5. The van der Waals surface area contributed by atoms with Gasteiger partial charge in [-0.1, -0.05) is 6.07 Å². The van der Waals surface area contributed by atoms with Gasteiger partial charge in [0.2, 0.25) is 0 Å². The number of benzene rings is 1. The average Bonchev–Trinajstić information content (AvgIpc) is 3.16. The third-order valence-corrected chi connectivity index (χ3v) is 7.20. The molecule has 22 heavy (non-hydrogen) atoms. The number of ether oxygens (including phenoxy) is 3. The largest absolute Gasteiger partial charge is 0.493 e. The van der Waals surface area contributed by atoms with Crippen LogP contribution in [-0.4, -0.2) is 49.5 Å². The van der Waals surface area contributed by atoms with E-state index in [1.54, 1.807) is 7.11 Å². The highest BCUT2D eigenvalue weighted by Crippen LogP contribution is 2.71. The molecule has 0 amide bonds. The first-order chi connectivity index (χ1) is 10.7. The van der Waals surface area contributed by atoms with Crippen molar-refractivity contribution < 1.29 is 14.2 Å². The van der Waals surface area contributed by atoms with Crippen molar-refractivity contribution >= 4 is 0 Å². The molecule has 1 unspecified atom stereocenters. The maximum absolute atomic E-state index is 6.67. The van der Waals surface area contributed by atoms with E-state index in [9.17, 15) is 0 Å². The molecule has 0 saturated carbocycles. The predicted molar refractivity (Wildman–Crippen MR) is 80.7 cm³/mol. The summed E-state index contributed by atoms with van der Waals surface area (Å²) in [5, 5.41) is 0. The monoisotopic (exact) mass is 299 g/mol. The van der Waals surface area contributed by atoms with Gasteiger partial charge in [-0.2, -0.15) is 0 Å². The average molecular weight is 299 g/mol. The Morgan fingerprint density at radius 2 is 2.23 bits per heavy atom. The van der Waals surface area contributed by atoms with Crippen molar-refractivity contribution in [2.24, 2.45) is 0 Å². The van der Waals surface area contributed by atoms with Crippen molar-refractivity contribution in [3.8, 4) is 11.5 Å². The Balaban J connectivity index is 1.71. The summed E-state index contributed by atoms with van der Waals surface area (Å²) in [6, 6.07) is 4.84. The van der Waals surface area contributed by atoms with Crippen LogP contribution >= 0.6 is 0 Å². The standard InChI is InChI=1S/C18H21NO3/c1-19-8-7-17-14-10-3-4-11(20-2)15(14)21-16(17)12-5-6-18(17,22-12)13(19)9-10/h3-4,12-13,16H,5-9H2,1-2H3/t12-,13-,16+,17?,18-/m0/s1. The number of nitrogens with zero attached hydrogens (tertiary/aromatic N) is 1. The van der Waals surface area contributed by atoms with Gasteiger partial charge in [0.1, 0.15) is 6.10 Å². The van der Waals surface area contributed by atoms with E-state index in [1.807, 2.05) is 0 Å². The molecule has 1 aliphatic carbocycles. The molecule has 4 bridgehead atoms. The van der Waals surface area contributed by atoms with E-state index in [-0.39, 0.29) is 23.2 Å². The molecule has 1 aromatic rings. The van der Waals surface area contributed by atoms with Crippen LogP contribution in [0.2, 0.25) is 0 Å². The van der Waals surface area contributed by atoms with Gasteiger partial charge in [0.25, 0.3) is 0 Å². The molecule has 3 saturated heterocycles. The molecule has 0 radical (unpaired) electrons. The van der Waals surface area contributed by atoms with Gasteiger partial charge < -0.3 is 19.1 Å². The van der Waals surface area contributed by atoms with E-state index in [0.717, 1.165) is 37.3 Å². The Morgan fingerprint density at radius 3 is 3.09 bits per heavy atom. The molecular formula is C18H21NO3. The van der Waals surface area contributed by atoms with E-state index in [4.69, 9.17) is 14.2 Å². The Labute approximate surface area is 130 Å². The van der Waals surface area contributed by atoms with Crippen molar-refractivity contribution in [2.45, 2.75) is 54.9 Å². The molecule has 4 heteroatoms. The first kappa shape index (κ1) is 12.2. The lowest BCUT2D eigenvalue weighted by Crippen LogP contribution is -2.70. The minimum Gasteiger partial charge on any atom is -0.493 e. The summed E-state index contributed by atoms with van der Waals surface area (Å²) in [5.74, 6) is 1.92. The second-order valence-electron chi connectivity index (χ2n) is 7.68. The number of fused-ring (bicyclic) bond motifs is 2. The van der Waals surface area contributed by atoms with Crippen LogP contribution in [0.4, 0.5) is 0 Å². The lowest BCUT2D eigenvalue weighted by atomic mass is 9.51. The molecule has 0 aromatic heterocycles. The van der Waals surface area contributed by atoms with Gasteiger partial charge >= 0.3 is 0 Å². The van der Waals surface area contributed by atoms with Crippen LogP contribution in [0.5, 0.6) is 11.5 Å². The third kappa shape index (κ3) is 0.976. The van der Waals surface area contributed by atoms with Crippen molar-refractivity contribution in [1.29, 1.82) is 0 Å². The fourth-order valence-corrected chi connectivity index (χ4v) is 6.46. The van der Waals surface area contributed by atoms with Gasteiger partial charge in [-0.05, 0) is 50.9 Å². The van der Waals surface area contributed by atoms with E-state index in [1.165, 1.54) is 17.5 Å². The lowest BCUT2D eigenvalue weighted by Gasteiger charge is -2.58. The fourth-order valence-electron chi connectivity index (χ4n) is 6.46. The molecule has 2 spiro atoms. The van der Waals surface area contributed by atoms with Crippen LogP contribution in [0, 0.1) is 0 Å². The van der Waals surface area contributed by atoms with Gasteiger partial charge in [-0.3, -0.25) is 0 Å². The number of methoxy groups -OCH3 is 1. The summed E-state index contributed by atoms with van der Waals surface area (Å²) in [4.78, 5) is 2.53. The number of piperidine rings is 1.